The van der Waals surface area contributed by atoms with E-state index in [0.717, 1.165) is 32.1 Å². The summed E-state index contributed by atoms with van der Waals surface area (Å²) in [6, 6.07) is 7.55. The van der Waals surface area contributed by atoms with Crippen LogP contribution in [0.4, 0.5) is 19.0 Å². The number of aryl methyl sites for hydroxylation is 1. The second-order valence-electron chi connectivity index (χ2n) is 15.2. The number of nitrogens with zero attached hydrogens (tertiary/aromatic N) is 5. The molecule has 3 aliphatic heterocycles. The third kappa shape index (κ3) is 5.78. The first-order valence-electron chi connectivity index (χ1n) is 16.6. The van der Waals surface area contributed by atoms with Gasteiger partial charge in [-0.3, -0.25) is 4.79 Å². The van der Waals surface area contributed by atoms with Crippen molar-refractivity contribution in [3.8, 4) is 6.07 Å². The molecule has 1 aliphatic carbocycles. The molecule has 1 saturated heterocycles. The molecule has 14 heteroatoms. The highest BCUT2D eigenvalue weighted by molar-refractivity contribution is 6.40. The van der Waals surface area contributed by atoms with Crippen LogP contribution in [0.5, 0.6) is 0 Å². The van der Waals surface area contributed by atoms with Gasteiger partial charge in [-0.1, -0.05) is 37.5 Å². The average Bonchev–Trinajstić information content (AvgIpc) is 3.74. The quantitative estimate of drug-likeness (QED) is 0.418. The van der Waals surface area contributed by atoms with Crippen molar-refractivity contribution in [3.63, 3.8) is 0 Å². The minimum Gasteiger partial charge on any atom is -0.363 e. The molecular weight excluding hydrogens is 585 g/mol. The first-order valence-corrected chi connectivity index (χ1v) is 16.6. The predicted octanol–water partition coefficient (Wildman–Crippen LogP) is 2.14. The summed E-state index contributed by atoms with van der Waals surface area (Å²) in [5.41, 5.74) is -0.713. The number of aromatic nitrogens is 3. The highest BCUT2D eigenvalue weighted by Crippen LogP contribution is 2.47. The Hall–Kier alpha value is -3.19. The van der Waals surface area contributed by atoms with Crippen LogP contribution in [0.3, 0.4) is 0 Å². The van der Waals surface area contributed by atoms with Crippen LogP contribution in [0.25, 0.3) is 11.0 Å². The van der Waals surface area contributed by atoms with Crippen LogP contribution in [0.2, 0.25) is 0 Å². The van der Waals surface area contributed by atoms with E-state index in [1.807, 2.05) is 15.7 Å². The van der Waals surface area contributed by atoms with Crippen LogP contribution in [0.1, 0.15) is 86.8 Å². The Bertz CT molecular complexity index is 1780. The number of rotatable bonds is 1. The Labute approximate surface area is 272 Å². The zero-order valence-corrected chi connectivity index (χ0v) is 27.8. The smallest absolute Gasteiger partial charge is 0.276 e. The van der Waals surface area contributed by atoms with Crippen LogP contribution in [0, 0.1) is 30.0 Å². The molecule has 5 heterocycles. The van der Waals surface area contributed by atoms with Gasteiger partial charge in [-0.2, -0.15) is 5.26 Å². The molecule has 1 N–H and O–H groups in total. The Kier molecular flexibility index (Phi) is 8.19. The van der Waals surface area contributed by atoms with Crippen molar-refractivity contribution in [2.45, 2.75) is 93.3 Å². The average molecular weight is 626 g/mol. The van der Waals surface area contributed by atoms with Crippen LogP contribution < -0.4 is 10.9 Å². The van der Waals surface area contributed by atoms with E-state index >= 15 is 13.2 Å². The fraction of sp³-hybridized carbons (Fsp3) is 0.562. The molecule has 2 aromatic heterocycles. The number of fused-ring (bicyclic) bond motifs is 8. The van der Waals surface area contributed by atoms with Gasteiger partial charge in [0.2, 0.25) is 0 Å². The zero-order chi connectivity index (χ0) is 33.2. The van der Waals surface area contributed by atoms with Crippen molar-refractivity contribution in [3.05, 3.63) is 63.0 Å². The fourth-order valence-electron chi connectivity index (χ4n) is 7.55. The van der Waals surface area contributed by atoms with Crippen LogP contribution in [0.15, 0.2) is 29.1 Å². The predicted molar refractivity (Wildman–Crippen MR) is 185 cm³/mol. The Morgan fingerprint density at radius 1 is 1.00 bits per heavy atom. The largest absolute Gasteiger partial charge is 0.363 e. The summed E-state index contributed by atoms with van der Waals surface area (Å²) in [5, 5.41) is 13.2. The van der Waals surface area contributed by atoms with Crippen molar-refractivity contribution < 1.29 is 13.2 Å². The fourth-order valence-corrected chi connectivity index (χ4v) is 7.55. The van der Waals surface area contributed by atoms with E-state index < -0.39 is 40.5 Å². The topological polar surface area (TPSA) is 86.8 Å². The lowest BCUT2D eigenvalue weighted by Crippen LogP contribution is -2.61. The van der Waals surface area contributed by atoms with E-state index in [1.54, 1.807) is 24.5 Å². The van der Waals surface area contributed by atoms with Crippen LogP contribution >= 0.6 is 0 Å². The van der Waals surface area contributed by atoms with Crippen molar-refractivity contribution in [1.82, 2.24) is 19.4 Å². The molecule has 1 saturated carbocycles. The molecular formula is C32H41B4F3N6O. The number of benzene rings is 1. The molecule has 46 heavy (non-hydrogen) atoms. The summed E-state index contributed by atoms with van der Waals surface area (Å²) in [4.78, 5) is 25.9. The molecule has 1 atom stereocenters. The number of pyridine rings is 1. The maximum atomic E-state index is 16.0. The number of nitrogens with one attached hydrogen (secondary N) is 1. The first kappa shape index (κ1) is 32.7. The third-order valence-electron chi connectivity index (χ3n) is 10.7. The molecule has 0 unspecified atom stereocenters. The van der Waals surface area contributed by atoms with Crippen LogP contribution in [-0.4, -0.2) is 69.2 Å². The number of hydrogen-bond acceptors (Lipinski definition) is 6. The Balaban J connectivity index is 1.50. The van der Waals surface area contributed by atoms with Crippen molar-refractivity contribution >= 4 is 48.2 Å². The highest BCUT2D eigenvalue weighted by atomic mass is 19.3. The highest BCUT2D eigenvalue weighted by Gasteiger charge is 2.48. The lowest BCUT2D eigenvalue weighted by atomic mass is 9.56. The maximum Gasteiger partial charge on any atom is 0.276 e. The molecule has 0 amide bonds. The normalized spacial score (nSPS) is 26.6. The van der Waals surface area contributed by atoms with Gasteiger partial charge >= 0.3 is 0 Å². The lowest BCUT2D eigenvalue weighted by molar-refractivity contribution is -0.0652. The van der Waals surface area contributed by atoms with Gasteiger partial charge in [0.05, 0.1) is 28.5 Å². The second-order valence-corrected chi connectivity index (χ2v) is 15.2. The van der Waals surface area contributed by atoms with Gasteiger partial charge in [0.15, 0.2) is 0 Å². The Morgan fingerprint density at radius 2 is 1.67 bits per heavy atom. The van der Waals surface area contributed by atoms with Gasteiger partial charge in [-0.05, 0) is 62.2 Å². The third-order valence-corrected chi connectivity index (χ3v) is 10.7. The SMILES string of the molecule is BC1(B)CCCCCC(B)(B)n2c(=O)c(C3(C#N)CC3)cc3c(nc(C)nc32)N[C@H](C)c2cccc(c2F)C(F)(F)CC2CN1C2. The summed E-state index contributed by atoms with van der Waals surface area (Å²) in [7, 11) is 8.41. The summed E-state index contributed by atoms with van der Waals surface area (Å²) in [6.45, 7) is 4.59. The number of alkyl halides is 2. The number of anilines is 1. The van der Waals surface area contributed by atoms with Gasteiger partial charge in [-0.15, -0.1) is 0 Å². The first-order chi connectivity index (χ1) is 21.6. The molecule has 7 rings (SSSR count). The van der Waals surface area contributed by atoms with E-state index in [0.29, 0.717) is 54.2 Å². The van der Waals surface area contributed by atoms with E-state index in [9.17, 15) is 10.1 Å². The van der Waals surface area contributed by atoms with E-state index in [4.69, 9.17) is 4.98 Å². The number of nitriles is 1. The molecule has 1 aromatic carbocycles. The van der Waals surface area contributed by atoms with Gasteiger partial charge in [0.25, 0.3) is 11.5 Å². The summed E-state index contributed by atoms with van der Waals surface area (Å²) >= 11 is 0. The standard InChI is InChI=1S/C32H41B4F3N6O/c1-18-21-7-6-8-23(25(21)37)30(38,39)14-20-15-44(16-20)31(33,34)9-4-3-5-10-32(35,36)45-27-22(26(41-18)42-19(2)43-27)13-24(28(45)46)29(17-40)11-12-29/h6-8,13,18,20H,3-5,9-12,14-16,33-36H2,1-2H3,(H,41,42,43)/t18-/m1/s1. The summed E-state index contributed by atoms with van der Waals surface area (Å²) in [5.74, 6) is -3.67. The van der Waals surface area contributed by atoms with Crippen molar-refractivity contribution in [2.75, 3.05) is 18.4 Å². The van der Waals surface area contributed by atoms with Crippen LogP contribution in [-0.2, 0) is 16.7 Å². The number of halogens is 3. The van der Waals surface area contributed by atoms with E-state index in [1.165, 1.54) is 18.2 Å². The Morgan fingerprint density at radius 3 is 2.33 bits per heavy atom. The molecule has 7 nitrogen and oxygen atoms in total. The van der Waals surface area contributed by atoms with Crippen molar-refractivity contribution in [1.29, 1.82) is 5.26 Å². The molecule has 4 aliphatic rings. The summed E-state index contributed by atoms with van der Waals surface area (Å²) < 4.78 is 49.1. The van der Waals surface area contributed by atoms with Gasteiger partial charge in [0.1, 0.15) is 54.5 Å². The second kappa shape index (κ2) is 11.5. The van der Waals surface area contributed by atoms with E-state index in [-0.39, 0.29) is 22.4 Å². The number of hydrogen-bond donors (Lipinski definition) is 1. The molecule has 0 radical (unpaired) electrons. The minimum atomic E-state index is -3.32. The molecule has 238 valence electrons. The van der Waals surface area contributed by atoms with Crippen molar-refractivity contribution in [2.24, 2.45) is 5.92 Å². The lowest BCUT2D eigenvalue weighted by Gasteiger charge is -2.51. The molecule has 3 aromatic rings. The van der Waals surface area contributed by atoms with Gasteiger partial charge in [0, 0.05) is 30.6 Å². The zero-order valence-electron chi connectivity index (χ0n) is 27.8. The minimum absolute atomic E-state index is 0.105. The maximum absolute atomic E-state index is 16.0. The monoisotopic (exact) mass is 626 g/mol. The van der Waals surface area contributed by atoms with E-state index in [2.05, 4.69) is 37.0 Å². The summed E-state index contributed by atoms with van der Waals surface area (Å²) in [6.07, 6.45) is 5.27. The van der Waals surface area contributed by atoms with Gasteiger partial charge < -0.3 is 14.8 Å². The molecule has 0 spiro atoms. The molecule has 2 fully saturated rings. The molecule has 8 bridgehead atoms. The van der Waals surface area contributed by atoms with Gasteiger partial charge in [-0.25, -0.2) is 23.1 Å².